The minimum absolute atomic E-state index is 0.118. The summed E-state index contributed by atoms with van der Waals surface area (Å²) in [6.45, 7) is -0.247. The van der Waals surface area contributed by atoms with Gasteiger partial charge in [0, 0.05) is 12.1 Å². The first-order valence-electron chi connectivity index (χ1n) is 8.26. The molecule has 0 bridgehead atoms. The molecule has 1 aromatic heterocycles. The molecule has 152 valence electrons. The molecule has 0 aliphatic carbocycles. The van der Waals surface area contributed by atoms with E-state index in [9.17, 15) is 31.1 Å². The molecule has 0 saturated heterocycles. The van der Waals surface area contributed by atoms with Crippen LogP contribution < -0.4 is 5.32 Å². The van der Waals surface area contributed by atoms with Crippen LogP contribution in [0.5, 0.6) is 0 Å². The van der Waals surface area contributed by atoms with Crippen molar-refractivity contribution in [2.45, 2.75) is 18.9 Å². The predicted octanol–water partition coefficient (Wildman–Crippen LogP) is 6.38. The van der Waals surface area contributed by atoms with Gasteiger partial charge in [0.1, 0.15) is 4.88 Å². The molecule has 1 heterocycles. The first-order chi connectivity index (χ1) is 13.6. The van der Waals surface area contributed by atoms with Crippen molar-refractivity contribution in [2.75, 3.05) is 0 Å². The summed E-state index contributed by atoms with van der Waals surface area (Å²) in [6.07, 6.45) is -9.17. The summed E-state index contributed by atoms with van der Waals surface area (Å²) in [6, 6.07) is 13.3. The van der Waals surface area contributed by atoms with Crippen molar-refractivity contribution < 1.29 is 31.1 Å². The quantitative estimate of drug-likeness (QED) is 0.479. The summed E-state index contributed by atoms with van der Waals surface area (Å²) in [4.78, 5) is 11.2. The molecule has 0 unspecified atom stereocenters. The van der Waals surface area contributed by atoms with E-state index in [4.69, 9.17) is 0 Å². The van der Waals surface area contributed by atoms with E-state index < -0.39 is 28.7 Å². The first-order valence-corrected chi connectivity index (χ1v) is 9.08. The second-order valence-corrected chi connectivity index (χ2v) is 7.15. The van der Waals surface area contributed by atoms with Crippen LogP contribution in [-0.2, 0) is 18.9 Å². The Morgan fingerprint density at radius 1 is 0.862 bits per heavy atom. The molecule has 0 aliphatic heterocycles. The molecule has 0 fully saturated rings. The van der Waals surface area contributed by atoms with Crippen molar-refractivity contribution >= 4 is 17.2 Å². The van der Waals surface area contributed by atoms with Gasteiger partial charge in [0.2, 0.25) is 0 Å². The van der Waals surface area contributed by atoms with E-state index in [1.165, 1.54) is 24.3 Å². The van der Waals surface area contributed by atoms with Crippen LogP contribution in [0.15, 0.2) is 60.7 Å². The van der Waals surface area contributed by atoms with Gasteiger partial charge in [-0.25, -0.2) is 0 Å². The largest absolute Gasteiger partial charge is 0.426 e. The van der Waals surface area contributed by atoms with E-state index in [1.54, 1.807) is 18.2 Å². The maximum Gasteiger partial charge on any atom is 0.426 e. The molecule has 29 heavy (non-hydrogen) atoms. The number of carbonyl (C=O) groups is 1. The molecule has 0 aliphatic rings. The topological polar surface area (TPSA) is 29.1 Å². The van der Waals surface area contributed by atoms with E-state index in [0.29, 0.717) is 16.9 Å². The summed E-state index contributed by atoms with van der Waals surface area (Å²) >= 11 is 0.295. The Labute approximate surface area is 165 Å². The van der Waals surface area contributed by atoms with Gasteiger partial charge in [-0.3, -0.25) is 4.79 Å². The van der Waals surface area contributed by atoms with Crippen LogP contribution in [0.4, 0.5) is 26.3 Å². The number of alkyl halides is 6. The van der Waals surface area contributed by atoms with Crippen molar-refractivity contribution in [2.24, 2.45) is 0 Å². The summed E-state index contributed by atoms with van der Waals surface area (Å²) in [5.74, 6) is -0.792. The third-order valence-corrected chi connectivity index (χ3v) is 5.18. The van der Waals surface area contributed by atoms with E-state index in [2.05, 4.69) is 5.32 Å². The standard InChI is InChI=1S/C20H13F6NOS/c21-19(22,23)14-8-4-5-12(9-14)11-27-18(28)16-10-15(13-6-2-1-3-7-13)17(29-16)20(24,25)26/h1-10H,11H2,(H,27,28). The van der Waals surface area contributed by atoms with Gasteiger partial charge >= 0.3 is 12.4 Å². The van der Waals surface area contributed by atoms with E-state index >= 15 is 0 Å². The fraction of sp³-hybridized carbons (Fsp3) is 0.150. The lowest BCUT2D eigenvalue weighted by molar-refractivity contribution is -0.137. The zero-order valence-electron chi connectivity index (χ0n) is 14.6. The number of amides is 1. The normalized spacial score (nSPS) is 12.1. The molecule has 1 N–H and O–H groups in total. The predicted molar refractivity (Wildman–Crippen MR) is 97.4 cm³/mol. The Kier molecular flexibility index (Phi) is 5.70. The lowest BCUT2D eigenvalue weighted by atomic mass is 10.1. The Hall–Kier alpha value is -2.81. The third-order valence-electron chi connectivity index (χ3n) is 4.01. The zero-order chi connectivity index (χ0) is 21.2. The minimum atomic E-state index is -4.64. The number of halogens is 6. The summed E-state index contributed by atoms with van der Waals surface area (Å²) in [7, 11) is 0. The fourth-order valence-electron chi connectivity index (χ4n) is 2.67. The van der Waals surface area contributed by atoms with Gasteiger partial charge < -0.3 is 5.32 Å². The highest BCUT2D eigenvalue weighted by Gasteiger charge is 2.37. The van der Waals surface area contributed by atoms with Crippen molar-refractivity contribution in [3.63, 3.8) is 0 Å². The van der Waals surface area contributed by atoms with Gasteiger partial charge in [0.05, 0.1) is 10.4 Å². The first kappa shape index (κ1) is 20.9. The average molecular weight is 429 g/mol. The summed E-state index contributed by atoms with van der Waals surface area (Å²) in [5, 5.41) is 2.37. The van der Waals surface area contributed by atoms with Gasteiger partial charge in [-0.15, -0.1) is 11.3 Å². The molecule has 1 amide bonds. The molecular weight excluding hydrogens is 416 g/mol. The number of carbonyl (C=O) groups excluding carboxylic acids is 1. The van der Waals surface area contributed by atoms with Crippen LogP contribution in [-0.4, -0.2) is 5.91 Å². The van der Waals surface area contributed by atoms with Gasteiger partial charge in [-0.2, -0.15) is 26.3 Å². The van der Waals surface area contributed by atoms with Crippen LogP contribution in [0.1, 0.15) is 25.7 Å². The molecule has 0 radical (unpaired) electrons. The number of hydrogen-bond donors (Lipinski definition) is 1. The minimum Gasteiger partial charge on any atom is -0.347 e. The summed E-state index contributed by atoms with van der Waals surface area (Å²) < 4.78 is 78.4. The van der Waals surface area contributed by atoms with Crippen molar-refractivity contribution in [1.82, 2.24) is 5.32 Å². The van der Waals surface area contributed by atoms with E-state index in [1.807, 2.05) is 0 Å². The van der Waals surface area contributed by atoms with Crippen LogP contribution in [0.3, 0.4) is 0 Å². The molecule has 0 saturated carbocycles. The highest BCUT2D eigenvalue weighted by atomic mass is 32.1. The van der Waals surface area contributed by atoms with Crippen LogP contribution in [0.2, 0.25) is 0 Å². The Morgan fingerprint density at radius 3 is 2.17 bits per heavy atom. The maximum atomic E-state index is 13.4. The lowest BCUT2D eigenvalue weighted by Crippen LogP contribution is -2.22. The van der Waals surface area contributed by atoms with Crippen molar-refractivity contribution in [3.8, 4) is 11.1 Å². The third kappa shape index (κ3) is 4.97. The molecule has 0 spiro atoms. The van der Waals surface area contributed by atoms with Gasteiger partial charge in [0.15, 0.2) is 0 Å². The highest BCUT2D eigenvalue weighted by Crippen LogP contribution is 2.42. The fourth-order valence-corrected chi connectivity index (χ4v) is 3.64. The second kappa shape index (κ2) is 7.90. The maximum absolute atomic E-state index is 13.4. The molecular formula is C20H13F6NOS. The molecule has 9 heteroatoms. The van der Waals surface area contributed by atoms with Gasteiger partial charge in [-0.05, 0) is 29.3 Å². The molecule has 3 rings (SSSR count). The van der Waals surface area contributed by atoms with Crippen molar-refractivity contribution in [1.29, 1.82) is 0 Å². The number of hydrogen-bond acceptors (Lipinski definition) is 2. The number of nitrogens with one attached hydrogen (secondary N) is 1. The molecule has 0 atom stereocenters. The molecule has 3 aromatic rings. The Balaban J connectivity index is 1.82. The highest BCUT2D eigenvalue weighted by molar-refractivity contribution is 7.14. The Morgan fingerprint density at radius 2 is 1.55 bits per heavy atom. The van der Waals surface area contributed by atoms with E-state index in [-0.39, 0.29) is 22.5 Å². The summed E-state index contributed by atoms with van der Waals surface area (Å²) in [5.41, 5.74) is -0.490. The Bertz CT molecular complexity index is 1010. The second-order valence-electron chi connectivity index (χ2n) is 6.10. The van der Waals surface area contributed by atoms with E-state index in [0.717, 1.165) is 18.2 Å². The van der Waals surface area contributed by atoms with Gasteiger partial charge in [0.25, 0.3) is 5.91 Å². The van der Waals surface area contributed by atoms with Crippen LogP contribution in [0.25, 0.3) is 11.1 Å². The molecule has 2 aromatic carbocycles. The zero-order valence-corrected chi connectivity index (χ0v) is 15.4. The van der Waals surface area contributed by atoms with Crippen molar-refractivity contribution in [3.05, 3.63) is 81.5 Å². The number of benzene rings is 2. The van der Waals surface area contributed by atoms with Crippen LogP contribution in [0, 0.1) is 0 Å². The SMILES string of the molecule is O=C(NCc1cccc(C(F)(F)F)c1)c1cc(-c2ccccc2)c(C(F)(F)F)s1. The lowest BCUT2D eigenvalue weighted by Gasteiger charge is -2.09. The van der Waals surface area contributed by atoms with Crippen LogP contribution >= 0.6 is 11.3 Å². The number of thiophene rings is 1. The molecule has 2 nitrogen and oxygen atoms in total. The average Bonchev–Trinajstić information content (AvgIpc) is 3.12. The van der Waals surface area contributed by atoms with Gasteiger partial charge in [-0.1, -0.05) is 42.5 Å². The smallest absolute Gasteiger partial charge is 0.347 e. The number of rotatable bonds is 4. The monoisotopic (exact) mass is 429 g/mol.